The molecule has 0 spiro atoms. The minimum atomic E-state index is -0.272. The summed E-state index contributed by atoms with van der Waals surface area (Å²) in [5, 5.41) is 11.0. The Morgan fingerprint density at radius 2 is 1.61 bits per heavy atom. The smallest absolute Gasteiger partial charge is 0.407 e. The molecular formula is C46H72N4O4. The van der Waals surface area contributed by atoms with Crippen LogP contribution in [-0.2, 0) is 9.53 Å². The molecule has 54 heavy (non-hydrogen) atoms. The van der Waals surface area contributed by atoms with Crippen LogP contribution in [0.5, 0.6) is 0 Å². The third-order valence-electron chi connectivity index (χ3n) is 14.9. The van der Waals surface area contributed by atoms with E-state index in [0.29, 0.717) is 29.4 Å². The van der Waals surface area contributed by atoms with Crippen molar-refractivity contribution in [3.05, 3.63) is 35.9 Å². The number of nitrogens with one attached hydrogen (secondary N) is 1. The molecule has 0 radical (unpaired) electrons. The van der Waals surface area contributed by atoms with Crippen molar-refractivity contribution in [2.45, 2.75) is 176 Å². The molecule has 300 valence electrons. The Morgan fingerprint density at radius 1 is 0.870 bits per heavy atom. The molecule has 8 heteroatoms. The lowest BCUT2D eigenvalue weighted by Gasteiger charge is -2.58. The van der Waals surface area contributed by atoms with Crippen LogP contribution < -0.4 is 10.2 Å². The summed E-state index contributed by atoms with van der Waals surface area (Å²) in [6.07, 6.45) is 26.8. The summed E-state index contributed by atoms with van der Waals surface area (Å²) in [6, 6.07) is 7.44. The number of carbonyl (C=O) groups excluding carboxylic acids is 2. The van der Waals surface area contributed by atoms with Crippen molar-refractivity contribution in [3.63, 3.8) is 0 Å². The van der Waals surface area contributed by atoms with E-state index in [-0.39, 0.29) is 23.6 Å². The van der Waals surface area contributed by atoms with E-state index in [2.05, 4.69) is 56.3 Å². The fourth-order valence-corrected chi connectivity index (χ4v) is 11.8. The van der Waals surface area contributed by atoms with Gasteiger partial charge in [0, 0.05) is 19.4 Å². The third kappa shape index (κ3) is 9.72. The zero-order chi connectivity index (χ0) is 38.1. The monoisotopic (exact) mass is 745 g/mol. The van der Waals surface area contributed by atoms with E-state index in [9.17, 15) is 9.59 Å². The summed E-state index contributed by atoms with van der Waals surface area (Å²) < 4.78 is 6.02. The first kappa shape index (κ1) is 40.8. The number of alkyl carbamates (subject to hydrolysis) is 1. The van der Waals surface area contributed by atoms with Crippen LogP contribution in [0.3, 0.4) is 0 Å². The van der Waals surface area contributed by atoms with Crippen molar-refractivity contribution >= 4 is 23.1 Å². The normalized spacial score (nSPS) is 29.6. The van der Waals surface area contributed by atoms with Gasteiger partial charge in [-0.1, -0.05) is 127 Å². The van der Waals surface area contributed by atoms with Crippen molar-refractivity contribution in [3.8, 4) is 0 Å². The predicted molar refractivity (Wildman–Crippen MR) is 217 cm³/mol. The van der Waals surface area contributed by atoms with Crippen LogP contribution >= 0.6 is 0 Å². The molecule has 8 nitrogen and oxygen atoms in total. The predicted octanol–water partition coefficient (Wildman–Crippen LogP) is 11.4. The van der Waals surface area contributed by atoms with Gasteiger partial charge >= 0.3 is 12.1 Å². The molecule has 0 bridgehead atoms. The summed E-state index contributed by atoms with van der Waals surface area (Å²) >= 11 is 0. The zero-order valence-electron chi connectivity index (χ0n) is 34.5. The van der Waals surface area contributed by atoms with Crippen molar-refractivity contribution < 1.29 is 19.2 Å². The summed E-state index contributed by atoms with van der Waals surface area (Å²) in [4.78, 5) is 31.5. The van der Waals surface area contributed by atoms with Gasteiger partial charge in [-0.2, -0.15) is 0 Å². The van der Waals surface area contributed by atoms with Crippen LogP contribution in [0.2, 0.25) is 0 Å². The van der Waals surface area contributed by atoms with Gasteiger partial charge in [0.1, 0.15) is 17.1 Å². The second-order valence-electron chi connectivity index (χ2n) is 18.8. The van der Waals surface area contributed by atoms with E-state index in [4.69, 9.17) is 9.57 Å². The number of ether oxygens (including phenoxy) is 1. The highest BCUT2D eigenvalue weighted by Crippen LogP contribution is 2.67. The molecule has 4 aliphatic carbocycles. The molecule has 6 rings (SSSR count). The fraction of sp³-hybridized carbons (Fsp3) is 0.783. The lowest BCUT2D eigenvalue weighted by Crippen LogP contribution is -2.51. The maximum Gasteiger partial charge on any atom is 0.407 e. The van der Waals surface area contributed by atoms with Crippen LogP contribution in [0.15, 0.2) is 35.9 Å². The lowest BCUT2D eigenvalue weighted by molar-refractivity contribution is -0.145. The largest absolute Gasteiger partial charge is 0.446 e. The highest BCUT2D eigenvalue weighted by Gasteiger charge is 2.59. The minimum Gasteiger partial charge on any atom is -0.446 e. The summed E-state index contributed by atoms with van der Waals surface area (Å²) in [7, 11) is 0. The van der Waals surface area contributed by atoms with E-state index in [0.717, 1.165) is 86.9 Å². The van der Waals surface area contributed by atoms with Crippen LogP contribution in [0, 0.1) is 46.3 Å². The van der Waals surface area contributed by atoms with E-state index in [1.807, 2.05) is 24.3 Å². The number of amides is 1. The Kier molecular flexibility index (Phi) is 14.2. The van der Waals surface area contributed by atoms with Gasteiger partial charge in [-0.25, -0.2) is 9.59 Å². The van der Waals surface area contributed by atoms with Crippen molar-refractivity contribution in [1.29, 1.82) is 0 Å². The highest BCUT2D eigenvalue weighted by atomic mass is 16.7. The average Bonchev–Trinajstić information content (AvgIpc) is 3.72. The number of fused-ring (bicyclic) bond motifs is 6. The molecule has 3 saturated carbocycles. The van der Waals surface area contributed by atoms with Crippen LogP contribution in [-0.4, -0.2) is 39.9 Å². The van der Waals surface area contributed by atoms with E-state index < -0.39 is 0 Å². The Hall–Kier alpha value is -2.90. The van der Waals surface area contributed by atoms with Gasteiger partial charge in [0.2, 0.25) is 0 Å². The first-order chi connectivity index (χ1) is 26.1. The lowest BCUT2D eigenvalue weighted by atomic mass is 9.47. The van der Waals surface area contributed by atoms with Gasteiger partial charge in [0.05, 0.1) is 0 Å². The van der Waals surface area contributed by atoms with Crippen LogP contribution in [0.1, 0.15) is 169 Å². The van der Waals surface area contributed by atoms with E-state index in [1.165, 1.54) is 81.9 Å². The number of aromatic nitrogens is 3. The maximum atomic E-state index is 12.8. The molecule has 0 aliphatic heterocycles. The Bertz CT molecular complexity index is 1550. The molecule has 1 N–H and O–H groups in total. The van der Waals surface area contributed by atoms with Gasteiger partial charge in [0.15, 0.2) is 0 Å². The number of hydrogen-bond donors (Lipinski definition) is 1. The van der Waals surface area contributed by atoms with E-state index in [1.54, 1.807) is 5.57 Å². The Morgan fingerprint density at radius 3 is 2.39 bits per heavy atom. The van der Waals surface area contributed by atoms with Crippen molar-refractivity contribution in [2.24, 2.45) is 46.3 Å². The number of carbonyl (C=O) groups is 2. The number of allylic oxidation sites excluding steroid dienone is 1. The first-order valence-electron chi connectivity index (χ1n) is 22.2. The average molecular weight is 745 g/mol. The van der Waals surface area contributed by atoms with Crippen LogP contribution in [0.4, 0.5) is 4.79 Å². The summed E-state index contributed by atoms with van der Waals surface area (Å²) in [5.41, 5.74) is 3.80. The Labute approximate surface area is 326 Å². The second-order valence-corrected chi connectivity index (χ2v) is 18.8. The number of rotatable bonds is 19. The molecule has 3 fully saturated rings. The standard InChI is InChI=1S/C46H72N4O4/c1-33(2)18-17-19-34(3)38-25-26-39-37-24-23-35-32-36(27-29-45(35,4)40(37)28-30-46(38,39)5)53-44(52)47-31-16-12-10-8-6-7-9-11-13-22-43(51)54-50-42-21-15-14-20-41(42)48-49-50/h14-15,20-21,23,33-34,36-40H,6-13,16-19,22,24-32H2,1-5H3,(H,47,52)/t34-,36+,37+,38-,39+,40+,45+,46-/m1/s1. The number of unbranched alkanes of at least 4 members (excludes halogenated alkanes) is 8. The van der Waals surface area contributed by atoms with Crippen LogP contribution in [0.25, 0.3) is 11.0 Å². The number of benzene rings is 1. The molecule has 0 unspecified atom stereocenters. The van der Waals surface area contributed by atoms with E-state index >= 15 is 0 Å². The topological polar surface area (TPSA) is 95.3 Å². The summed E-state index contributed by atoms with van der Waals surface area (Å²) in [6.45, 7) is 13.2. The number of para-hydroxylation sites is 1. The summed E-state index contributed by atoms with van der Waals surface area (Å²) in [5.74, 6) is 4.82. The molecule has 4 aliphatic rings. The molecule has 2 aromatic rings. The van der Waals surface area contributed by atoms with Gasteiger partial charge < -0.3 is 14.9 Å². The molecule has 8 atom stereocenters. The molecule has 1 aromatic heterocycles. The number of hydrogen-bond acceptors (Lipinski definition) is 6. The fourth-order valence-electron chi connectivity index (χ4n) is 11.8. The molecular weight excluding hydrogens is 673 g/mol. The second kappa shape index (κ2) is 18.8. The SMILES string of the molecule is CC(C)CCC[C@@H](C)[C@H]1CC[C@H]2[C@@H]3CC=C4C[C@@H](OC(=O)NCCCCCCCCCCCC(=O)On5nnc6ccccc65)CC[C@]4(C)[C@H]3CC[C@]12C. The first-order valence-corrected chi connectivity index (χ1v) is 22.2. The zero-order valence-corrected chi connectivity index (χ0v) is 34.5. The van der Waals surface area contributed by atoms with Gasteiger partial charge in [0.25, 0.3) is 0 Å². The maximum absolute atomic E-state index is 12.8. The third-order valence-corrected chi connectivity index (χ3v) is 14.9. The molecule has 0 saturated heterocycles. The minimum absolute atomic E-state index is 0.0111. The molecule has 1 amide bonds. The van der Waals surface area contributed by atoms with Gasteiger partial charge in [-0.3, -0.25) is 0 Å². The van der Waals surface area contributed by atoms with Crippen molar-refractivity contribution in [1.82, 2.24) is 20.5 Å². The highest BCUT2D eigenvalue weighted by molar-refractivity contribution is 5.75. The quantitative estimate of drug-likeness (QED) is 0.0874. The van der Waals surface area contributed by atoms with Gasteiger partial charge in [-0.05, 0) is 121 Å². The Balaban J connectivity index is 0.807. The van der Waals surface area contributed by atoms with Gasteiger partial charge in [-0.15, -0.1) is 5.10 Å². The number of nitrogens with zero attached hydrogens (tertiary/aromatic N) is 3. The molecule has 1 heterocycles. The molecule has 1 aromatic carbocycles. The van der Waals surface area contributed by atoms with Crippen molar-refractivity contribution in [2.75, 3.05) is 6.54 Å².